The molecule has 0 fully saturated rings. The number of aryl methyl sites for hydroxylation is 1. The lowest BCUT2D eigenvalue weighted by molar-refractivity contribution is -0.138. The van der Waals surface area contributed by atoms with E-state index in [0.29, 0.717) is 11.3 Å². The largest absolute Gasteiger partial charge is 0.457 e. The number of rotatable bonds is 4. The van der Waals surface area contributed by atoms with E-state index in [9.17, 15) is 22.8 Å². The summed E-state index contributed by atoms with van der Waals surface area (Å²) in [7, 11) is 0. The van der Waals surface area contributed by atoms with Crippen LogP contribution in [0.15, 0.2) is 77.9 Å². The van der Waals surface area contributed by atoms with Crippen molar-refractivity contribution in [2.75, 3.05) is 5.32 Å². The second-order valence-electron chi connectivity index (χ2n) is 6.99. The van der Waals surface area contributed by atoms with E-state index in [1.165, 1.54) is 53.1 Å². The van der Waals surface area contributed by atoms with Crippen molar-refractivity contribution in [3.05, 3.63) is 100 Å². The molecule has 0 unspecified atom stereocenters. The third-order valence-electron chi connectivity index (χ3n) is 4.63. The molecule has 0 aliphatic carbocycles. The van der Waals surface area contributed by atoms with Gasteiger partial charge in [-0.1, -0.05) is 18.2 Å². The molecule has 2 heterocycles. The monoisotopic (exact) mass is 439 g/mol. The molecule has 4 aromatic rings. The van der Waals surface area contributed by atoms with E-state index in [4.69, 9.17) is 4.74 Å². The molecule has 1 N–H and O–H groups in total. The summed E-state index contributed by atoms with van der Waals surface area (Å²) in [6, 6.07) is 14.1. The number of fused-ring (bicyclic) bond motifs is 1. The van der Waals surface area contributed by atoms with E-state index in [2.05, 4.69) is 10.3 Å². The van der Waals surface area contributed by atoms with Crippen LogP contribution in [0.4, 0.5) is 18.9 Å². The van der Waals surface area contributed by atoms with Crippen molar-refractivity contribution in [1.29, 1.82) is 0 Å². The van der Waals surface area contributed by atoms with Gasteiger partial charge in [-0.25, -0.2) is 4.98 Å². The second kappa shape index (κ2) is 8.18. The first-order valence-electron chi connectivity index (χ1n) is 9.46. The van der Waals surface area contributed by atoms with Crippen molar-refractivity contribution in [3.63, 3.8) is 0 Å². The normalized spacial score (nSPS) is 11.4. The number of benzene rings is 2. The predicted molar refractivity (Wildman–Crippen MR) is 112 cm³/mol. The molecule has 4 rings (SSSR count). The third kappa shape index (κ3) is 4.31. The number of hydrogen-bond acceptors (Lipinski definition) is 4. The number of alkyl halides is 3. The lowest BCUT2D eigenvalue weighted by Crippen LogP contribution is -2.26. The van der Waals surface area contributed by atoms with Gasteiger partial charge in [-0.2, -0.15) is 13.2 Å². The molecule has 6 nitrogen and oxygen atoms in total. The van der Waals surface area contributed by atoms with Gasteiger partial charge < -0.3 is 10.1 Å². The first-order valence-corrected chi connectivity index (χ1v) is 9.46. The standard InChI is InChI=1S/C23H16F3N3O3/c1-14-6-11-20-27-12-17(22(31)29(20)13-14)21(30)28-15-7-9-16(10-8-15)32-19-5-3-2-4-18(19)23(24,25)26/h2-13H,1H3,(H,28,30). The fraction of sp³-hybridized carbons (Fsp3) is 0.0870. The minimum absolute atomic E-state index is 0.146. The van der Waals surface area contributed by atoms with Crippen molar-refractivity contribution >= 4 is 17.2 Å². The zero-order valence-corrected chi connectivity index (χ0v) is 16.7. The minimum atomic E-state index is -4.55. The third-order valence-corrected chi connectivity index (χ3v) is 4.63. The van der Waals surface area contributed by atoms with Crippen LogP contribution < -0.4 is 15.6 Å². The van der Waals surface area contributed by atoms with Crippen molar-refractivity contribution in [2.45, 2.75) is 13.1 Å². The summed E-state index contributed by atoms with van der Waals surface area (Å²) in [5, 5.41) is 2.58. The van der Waals surface area contributed by atoms with Crippen molar-refractivity contribution in [3.8, 4) is 11.5 Å². The van der Waals surface area contributed by atoms with Crippen LogP contribution in [0.2, 0.25) is 0 Å². The number of amides is 1. The second-order valence-corrected chi connectivity index (χ2v) is 6.99. The summed E-state index contributed by atoms with van der Waals surface area (Å²) in [5.41, 5.74) is 0.0315. The van der Waals surface area contributed by atoms with Crippen molar-refractivity contribution in [1.82, 2.24) is 9.38 Å². The smallest absolute Gasteiger partial charge is 0.419 e. The van der Waals surface area contributed by atoms with Crippen LogP contribution in [0.25, 0.3) is 5.65 Å². The number of halogens is 3. The maximum atomic E-state index is 13.1. The molecule has 0 aliphatic heterocycles. The maximum absolute atomic E-state index is 13.1. The number of para-hydroxylation sites is 1. The Labute approximate surface area is 179 Å². The number of pyridine rings is 1. The average molecular weight is 439 g/mol. The maximum Gasteiger partial charge on any atom is 0.419 e. The number of carbonyl (C=O) groups is 1. The predicted octanol–water partition coefficient (Wildman–Crippen LogP) is 5.07. The Bertz CT molecular complexity index is 1360. The Morgan fingerprint density at radius 1 is 1.03 bits per heavy atom. The van der Waals surface area contributed by atoms with Gasteiger partial charge in [-0.15, -0.1) is 0 Å². The molecule has 0 saturated carbocycles. The molecule has 2 aromatic heterocycles. The van der Waals surface area contributed by atoms with Crippen LogP contribution in [0.1, 0.15) is 21.5 Å². The summed E-state index contributed by atoms with van der Waals surface area (Å²) in [5.74, 6) is -0.834. The van der Waals surface area contributed by atoms with Gasteiger partial charge in [0, 0.05) is 18.1 Å². The molecule has 32 heavy (non-hydrogen) atoms. The molecule has 0 spiro atoms. The van der Waals surface area contributed by atoms with E-state index < -0.39 is 23.2 Å². The van der Waals surface area contributed by atoms with Gasteiger partial charge in [0.05, 0.1) is 5.56 Å². The molecule has 1 amide bonds. The zero-order valence-electron chi connectivity index (χ0n) is 16.7. The van der Waals surface area contributed by atoms with E-state index in [0.717, 1.165) is 11.6 Å². The Morgan fingerprint density at radius 2 is 1.75 bits per heavy atom. The van der Waals surface area contributed by atoms with Crippen molar-refractivity contribution < 1.29 is 22.7 Å². The summed E-state index contributed by atoms with van der Waals surface area (Å²) in [6.07, 6.45) is -1.76. The Hall–Kier alpha value is -4.14. The van der Waals surface area contributed by atoms with Crippen LogP contribution >= 0.6 is 0 Å². The molecular weight excluding hydrogens is 423 g/mol. The van der Waals surface area contributed by atoms with Crippen LogP contribution in [0.5, 0.6) is 11.5 Å². The van der Waals surface area contributed by atoms with Gasteiger partial charge in [0.15, 0.2) is 0 Å². The van der Waals surface area contributed by atoms with Gasteiger partial charge in [0.25, 0.3) is 11.5 Å². The quantitative estimate of drug-likeness (QED) is 0.482. The summed E-state index contributed by atoms with van der Waals surface area (Å²) < 4.78 is 46.0. The molecule has 0 saturated heterocycles. The zero-order chi connectivity index (χ0) is 22.9. The molecule has 0 bridgehead atoms. The molecule has 0 atom stereocenters. The number of aromatic nitrogens is 2. The van der Waals surface area contributed by atoms with Gasteiger partial charge in [-0.3, -0.25) is 14.0 Å². The van der Waals surface area contributed by atoms with Crippen LogP contribution in [0.3, 0.4) is 0 Å². The fourth-order valence-electron chi connectivity index (χ4n) is 3.06. The van der Waals surface area contributed by atoms with Crippen LogP contribution in [-0.4, -0.2) is 15.3 Å². The highest BCUT2D eigenvalue weighted by Crippen LogP contribution is 2.38. The first-order chi connectivity index (χ1) is 15.2. The Kier molecular flexibility index (Phi) is 5.40. The lowest BCUT2D eigenvalue weighted by atomic mass is 10.2. The molecule has 9 heteroatoms. The summed E-state index contributed by atoms with van der Waals surface area (Å²) >= 11 is 0. The van der Waals surface area contributed by atoms with Gasteiger partial charge in [0.1, 0.15) is 22.7 Å². The molecule has 0 radical (unpaired) electrons. The summed E-state index contributed by atoms with van der Waals surface area (Å²) in [6.45, 7) is 1.81. The molecular formula is C23H16F3N3O3. The molecule has 0 aliphatic rings. The van der Waals surface area contributed by atoms with Gasteiger partial charge >= 0.3 is 6.18 Å². The highest BCUT2D eigenvalue weighted by atomic mass is 19.4. The van der Waals surface area contributed by atoms with Crippen LogP contribution in [-0.2, 0) is 6.18 Å². The highest BCUT2D eigenvalue weighted by molar-refractivity contribution is 6.03. The topological polar surface area (TPSA) is 72.7 Å². The van der Waals surface area contributed by atoms with Gasteiger partial charge in [-0.05, 0) is 55.0 Å². The SMILES string of the molecule is Cc1ccc2ncc(C(=O)Nc3ccc(Oc4ccccc4C(F)(F)F)cc3)c(=O)n2c1. The number of ether oxygens (including phenoxy) is 1. The first kappa shape index (κ1) is 21.1. The summed E-state index contributed by atoms with van der Waals surface area (Å²) in [4.78, 5) is 29.3. The van der Waals surface area contributed by atoms with Crippen LogP contribution in [0, 0.1) is 6.92 Å². The number of carbonyl (C=O) groups excluding carboxylic acids is 1. The van der Waals surface area contributed by atoms with E-state index in [1.807, 2.05) is 6.92 Å². The fourth-order valence-corrected chi connectivity index (χ4v) is 3.06. The van der Waals surface area contributed by atoms with E-state index in [-0.39, 0.29) is 17.1 Å². The highest BCUT2D eigenvalue weighted by Gasteiger charge is 2.34. The minimum Gasteiger partial charge on any atom is -0.457 e. The van der Waals surface area contributed by atoms with Crippen molar-refractivity contribution in [2.24, 2.45) is 0 Å². The Balaban J connectivity index is 1.53. The molecule has 2 aromatic carbocycles. The average Bonchev–Trinajstić information content (AvgIpc) is 2.75. The Morgan fingerprint density at radius 3 is 2.47 bits per heavy atom. The van der Waals surface area contributed by atoms with E-state index in [1.54, 1.807) is 18.3 Å². The number of nitrogens with one attached hydrogen (secondary N) is 1. The number of nitrogens with zero attached hydrogens (tertiary/aromatic N) is 2. The molecule has 162 valence electrons. The van der Waals surface area contributed by atoms with Gasteiger partial charge in [0.2, 0.25) is 0 Å². The number of anilines is 1. The lowest BCUT2D eigenvalue weighted by Gasteiger charge is -2.13. The number of hydrogen-bond donors (Lipinski definition) is 1. The van der Waals surface area contributed by atoms with E-state index >= 15 is 0 Å².